The lowest BCUT2D eigenvalue weighted by Gasteiger charge is -2.05. The zero-order chi connectivity index (χ0) is 13.3. The lowest BCUT2D eigenvalue weighted by Crippen LogP contribution is -2.10. The fraction of sp³-hybridized carbons (Fsp3) is 0.0909. The average Bonchev–Trinajstić information content (AvgIpc) is 2.27. The SMILES string of the molecule is Cc1ccc([N+](=O)[O-])cc1-c1nc(N)cc(=O)[nH]1. The van der Waals surface area contributed by atoms with Gasteiger partial charge in [-0.05, 0) is 12.5 Å². The van der Waals surface area contributed by atoms with Crippen molar-refractivity contribution in [2.75, 3.05) is 5.73 Å². The number of anilines is 1. The maximum Gasteiger partial charge on any atom is 0.270 e. The van der Waals surface area contributed by atoms with Crippen molar-refractivity contribution in [3.8, 4) is 11.4 Å². The van der Waals surface area contributed by atoms with E-state index >= 15 is 0 Å². The molecule has 0 unspecified atom stereocenters. The molecule has 1 aromatic heterocycles. The smallest absolute Gasteiger partial charge is 0.270 e. The normalized spacial score (nSPS) is 10.3. The maximum atomic E-state index is 11.3. The molecule has 0 aliphatic heterocycles. The zero-order valence-corrected chi connectivity index (χ0v) is 9.51. The molecule has 92 valence electrons. The van der Waals surface area contributed by atoms with Crippen LogP contribution >= 0.6 is 0 Å². The number of rotatable bonds is 2. The molecule has 2 rings (SSSR count). The van der Waals surface area contributed by atoms with Gasteiger partial charge in [0, 0.05) is 23.8 Å². The van der Waals surface area contributed by atoms with Crippen molar-refractivity contribution in [2.24, 2.45) is 0 Å². The standard InChI is InChI=1S/C11H10N4O3/c1-6-2-3-7(15(17)18)4-8(6)11-13-9(12)5-10(16)14-11/h2-5H,1H3,(H3,12,13,14,16). The van der Waals surface area contributed by atoms with E-state index in [1.54, 1.807) is 13.0 Å². The van der Waals surface area contributed by atoms with Crippen LogP contribution in [0.3, 0.4) is 0 Å². The van der Waals surface area contributed by atoms with Crippen LogP contribution in [-0.4, -0.2) is 14.9 Å². The summed E-state index contributed by atoms with van der Waals surface area (Å²) in [6.45, 7) is 1.77. The van der Waals surface area contributed by atoms with Crippen molar-refractivity contribution in [2.45, 2.75) is 6.92 Å². The van der Waals surface area contributed by atoms with Crippen LogP contribution in [0.1, 0.15) is 5.56 Å². The van der Waals surface area contributed by atoms with Crippen LogP contribution < -0.4 is 11.3 Å². The Balaban J connectivity index is 2.65. The summed E-state index contributed by atoms with van der Waals surface area (Å²) >= 11 is 0. The Morgan fingerprint density at radius 2 is 2.11 bits per heavy atom. The van der Waals surface area contributed by atoms with Gasteiger partial charge in [0.2, 0.25) is 0 Å². The molecule has 7 nitrogen and oxygen atoms in total. The number of hydrogen-bond donors (Lipinski definition) is 2. The summed E-state index contributed by atoms with van der Waals surface area (Å²) in [5.41, 5.74) is 6.25. The Morgan fingerprint density at radius 3 is 2.72 bits per heavy atom. The van der Waals surface area contributed by atoms with E-state index in [1.807, 2.05) is 0 Å². The van der Waals surface area contributed by atoms with Crippen molar-refractivity contribution < 1.29 is 4.92 Å². The van der Waals surface area contributed by atoms with Gasteiger partial charge in [0.25, 0.3) is 11.2 Å². The number of nitro groups is 1. The van der Waals surface area contributed by atoms with Gasteiger partial charge in [-0.3, -0.25) is 14.9 Å². The molecule has 3 N–H and O–H groups in total. The van der Waals surface area contributed by atoms with Crippen LogP contribution in [0.4, 0.5) is 11.5 Å². The van der Waals surface area contributed by atoms with Crippen molar-refractivity contribution in [1.82, 2.24) is 9.97 Å². The van der Waals surface area contributed by atoms with Crippen molar-refractivity contribution in [3.63, 3.8) is 0 Å². The summed E-state index contributed by atoms with van der Waals surface area (Å²) in [7, 11) is 0. The molecule has 0 saturated heterocycles. The number of non-ortho nitro benzene ring substituents is 1. The van der Waals surface area contributed by atoms with Gasteiger partial charge in [0.1, 0.15) is 11.6 Å². The van der Waals surface area contributed by atoms with Gasteiger partial charge in [-0.1, -0.05) is 6.07 Å². The van der Waals surface area contributed by atoms with Crippen molar-refractivity contribution in [1.29, 1.82) is 0 Å². The number of benzene rings is 1. The van der Waals surface area contributed by atoms with Crippen LogP contribution in [0.25, 0.3) is 11.4 Å². The summed E-state index contributed by atoms with van der Waals surface area (Å²) in [4.78, 5) is 28.0. The molecule has 0 aliphatic rings. The number of nitrogens with zero attached hydrogens (tertiary/aromatic N) is 2. The van der Waals surface area contributed by atoms with Crippen LogP contribution in [-0.2, 0) is 0 Å². The zero-order valence-electron chi connectivity index (χ0n) is 9.51. The number of nitrogens with two attached hydrogens (primary N) is 1. The van der Waals surface area contributed by atoms with E-state index in [0.717, 1.165) is 11.6 Å². The van der Waals surface area contributed by atoms with E-state index in [2.05, 4.69) is 9.97 Å². The molecule has 1 heterocycles. The number of nitro benzene ring substituents is 1. The third-order valence-corrected chi connectivity index (χ3v) is 2.45. The van der Waals surface area contributed by atoms with Crippen LogP contribution in [0, 0.1) is 17.0 Å². The molecule has 18 heavy (non-hydrogen) atoms. The molecule has 0 bridgehead atoms. The number of aromatic amines is 1. The Bertz CT molecular complexity index is 678. The summed E-state index contributed by atoms with van der Waals surface area (Å²) < 4.78 is 0. The highest BCUT2D eigenvalue weighted by Crippen LogP contribution is 2.24. The summed E-state index contributed by atoms with van der Waals surface area (Å²) in [6, 6.07) is 5.49. The second-order valence-corrected chi connectivity index (χ2v) is 3.78. The minimum Gasteiger partial charge on any atom is -0.383 e. The molecular weight excluding hydrogens is 236 g/mol. The Morgan fingerprint density at radius 1 is 1.39 bits per heavy atom. The van der Waals surface area contributed by atoms with Gasteiger partial charge in [-0.25, -0.2) is 4.98 Å². The predicted molar refractivity (Wildman–Crippen MR) is 66.1 cm³/mol. The number of nitrogens with one attached hydrogen (secondary N) is 1. The van der Waals surface area contributed by atoms with Crippen LogP contribution in [0.15, 0.2) is 29.1 Å². The van der Waals surface area contributed by atoms with E-state index in [-0.39, 0.29) is 17.3 Å². The minimum absolute atomic E-state index is 0.0688. The lowest BCUT2D eigenvalue weighted by atomic mass is 10.1. The average molecular weight is 246 g/mol. The van der Waals surface area contributed by atoms with Gasteiger partial charge in [-0.15, -0.1) is 0 Å². The van der Waals surface area contributed by atoms with Crippen LogP contribution in [0.2, 0.25) is 0 Å². The monoisotopic (exact) mass is 246 g/mol. The van der Waals surface area contributed by atoms with Crippen molar-refractivity contribution >= 4 is 11.5 Å². The summed E-state index contributed by atoms with van der Waals surface area (Å²) in [6.07, 6.45) is 0. The minimum atomic E-state index is -0.507. The van der Waals surface area contributed by atoms with Crippen LogP contribution in [0.5, 0.6) is 0 Å². The highest BCUT2D eigenvalue weighted by atomic mass is 16.6. The second-order valence-electron chi connectivity index (χ2n) is 3.78. The molecule has 7 heteroatoms. The third kappa shape index (κ3) is 2.19. The number of aromatic nitrogens is 2. The highest BCUT2D eigenvalue weighted by molar-refractivity contribution is 5.64. The van der Waals surface area contributed by atoms with E-state index in [0.29, 0.717) is 5.56 Å². The topological polar surface area (TPSA) is 115 Å². The number of hydrogen-bond acceptors (Lipinski definition) is 5. The maximum absolute atomic E-state index is 11.3. The number of H-pyrrole nitrogens is 1. The Labute approximate surface area is 101 Å². The first-order chi connectivity index (χ1) is 8.47. The van der Waals surface area contributed by atoms with Gasteiger partial charge in [-0.2, -0.15) is 0 Å². The van der Waals surface area contributed by atoms with E-state index < -0.39 is 10.5 Å². The molecule has 1 aromatic carbocycles. The Kier molecular flexibility index (Phi) is 2.80. The first kappa shape index (κ1) is 11.8. The molecule has 0 atom stereocenters. The molecule has 0 radical (unpaired) electrons. The van der Waals surface area contributed by atoms with Crippen molar-refractivity contribution in [3.05, 3.63) is 50.3 Å². The third-order valence-electron chi connectivity index (χ3n) is 2.45. The fourth-order valence-electron chi connectivity index (χ4n) is 1.58. The van der Waals surface area contributed by atoms with Gasteiger partial charge in [0.05, 0.1) is 4.92 Å². The highest BCUT2D eigenvalue weighted by Gasteiger charge is 2.12. The molecule has 0 amide bonds. The summed E-state index contributed by atoms with van der Waals surface area (Å²) in [5.74, 6) is 0.292. The van der Waals surface area contributed by atoms with Gasteiger partial charge in [0.15, 0.2) is 0 Å². The van der Waals surface area contributed by atoms with E-state index in [4.69, 9.17) is 5.73 Å². The molecule has 0 spiro atoms. The Hall–Kier alpha value is -2.70. The predicted octanol–water partition coefficient (Wildman–Crippen LogP) is 1.24. The molecule has 2 aromatic rings. The first-order valence-corrected chi connectivity index (χ1v) is 5.09. The fourth-order valence-corrected chi connectivity index (χ4v) is 1.58. The molecule has 0 fully saturated rings. The molecule has 0 aliphatic carbocycles. The first-order valence-electron chi connectivity index (χ1n) is 5.09. The van der Waals surface area contributed by atoms with Gasteiger partial charge < -0.3 is 10.7 Å². The van der Waals surface area contributed by atoms with E-state index in [1.165, 1.54) is 12.1 Å². The second kappa shape index (κ2) is 4.28. The summed E-state index contributed by atoms with van der Waals surface area (Å²) in [5, 5.41) is 10.7. The largest absolute Gasteiger partial charge is 0.383 e. The molecule has 0 saturated carbocycles. The quantitative estimate of drug-likeness (QED) is 0.610. The lowest BCUT2D eigenvalue weighted by molar-refractivity contribution is -0.384. The number of nitrogen functional groups attached to an aromatic ring is 1. The van der Waals surface area contributed by atoms with Gasteiger partial charge >= 0.3 is 0 Å². The van der Waals surface area contributed by atoms with E-state index in [9.17, 15) is 14.9 Å². The molecular formula is C11H10N4O3. The number of aryl methyl sites for hydroxylation is 1.